The van der Waals surface area contributed by atoms with Gasteiger partial charge < -0.3 is 25.0 Å². The third-order valence-electron chi connectivity index (χ3n) is 8.12. The minimum atomic E-state index is -3.94. The fourth-order valence-corrected chi connectivity index (χ4v) is 6.61. The molecular weight excluding hydrogens is 628 g/mol. The first-order chi connectivity index (χ1) is 21.9. The number of urea groups is 1. The minimum absolute atomic E-state index is 0.0365. The number of amides is 3. The van der Waals surface area contributed by atoms with Gasteiger partial charge in [-0.05, 0) is 60.8 Å². The van der Waals surface area contributed by atoms with Crippen LogP contribution in [0.2, 0.25) is 5.02 Å². The number of likely N-dealkylation sites (N-methyl/N-ethyl adjacent to an activating group) is 1. The third kappa shape index (κ3) is 7.55. The third-order valence-corrected chi connectivity index (χ3v) is 9.77. The normalized spacial score (nSPS) is 17.6. The maximum atomic E-state index is 13.6. The van der Waals surface area contributed by atoms with E-state index < -0.39 is 22.2 Å². The van der Waals surface area contributed by atoms with Crippen molar-refractivity contribution >= 4 is 55.7 Å². The molecule has 0 spiro atoms. The van der Waals surface area contributed by atoms with Gasteiger partial charge in [0, 0.05) is 41.2 Å². The average molecular weight is 665 g/mol. The largest absolute Gasteiger partial charge is 0.488 e. The fourth-order valence-electron chi connectivity index (χ4n) is 5.44. The molecule has 1 aliphatic rings. The van der Waals surface area contributed by atoms with Crippen LogP contribution in [0.5, 0.6) is 5.75 Å². The first kappa shape index (κ1) is 33.1. The second-order valence-electron chi connectivity index (χ2n) is 11.6. The summed E-state index contributed by atoms with van der Waals surface area (Å²) in [4.78, 5) is 30.1. The molecular formula is C34H37ClN4O6S. The Morgan fingerprint density at radius 1 is 1.09 bits per heavy atom. The molecule has 0 aliphatic carbocycles. The summed E-state index contributed by atoms with van der Waals surface area (Å²) in [5.41, 5.74) is 1.41. The molecule has 12 heteroatoms. The topological polar surface area (TPSA) is 128 Å². The highest BCUT2D eigenvalue weighted by molar-refractivity contribution is 7.92. The molecule has 0 aromatic heterocycles. The number of rotatable bonds is 8. The number of carbonyl (C=O) groups is 2. The van der Waals surface area contributed by atoms with Gasteiger partial charge in [-0.25, -0.2) is 13.2 Å². The lowest BCUT2D eigenvalue weighted by Gasteiger charge is -2.34. The Balaban J connectivity index is 1.41. The zero-order chi connectivity index (χ0) is 33.0. The molecule has 46 heavy (non-hydrogen) atoms. The molecule has 3 amide bonds. The van der Waals surface area contributed by atoms with E-state index in [4.69, 9.17) is 16.3 Å². The van der Waals surface area contributed by atoms with Crippen LogP contribution in [-0.2, 0) is 21.2 Å². The van der Waals surface area contributed by atoms with Gasteiger partial charge in [0.1, 0.15) is 11.9 Å². The van der Waals surface area contributed by atoms with Crippen LogP contribution in [0.25, 0.3) is 10.8 Å². The van der Waals surface area contributed by atoms with E-state index in [9.17, 15) is 23.1 Å². The maximum Gasteiger partial charge on any atom is 0.321 e. The van der Waals surface area contributed by atoms with E-state index in [0.29, 0.717) is 22.0 Å². The molecule has 0 fully saturated rings. The van der Waals surface area contributed by atoms with Gasteiger partial charge in [0.05, 0.1) is 36.2 Å². The molecule has 1 aliphatic heterocycles. The number of nitrogens with zero attached hydrogens (tertiary/aromatic N) is 2. The van der Waals surface area contributed by atoms with E-state index >= 15 is 0 Å². The Kier molecular flexibility index (Phi) is 10.0. The maximum absolute atomic E-state index is 13.6. The van der Waals surface area contributed by atoms with Crippen molar-refractivity contribution in [3.8, 4) is 5.75 Å². The van der Waals surface area contributed by atoms with Gasteiger partial charge in [0.25, 0.3) is 10.0 Å². The summed E-state index contributed by atoms with van der Waals surface area (Å²) in [5, 5.41) is 15.3. The van der Waals surface area contributed by atoms with Crippen LogP contribution in [0.1, 0.15) is 19.4 Å². The summed E-state index contributed by atoms with van der Waals surface area (Å²) < 4.78 is 35.2. The van der Waals surface area contributed by atoms with Crippen LogP contribution >= 0.6 is 11.6 Å². The van der Waals surface area contributed by atoms with Gasteiger partial charge in [0.2, 0.25) is 5.91 Å². The standard InChI is InChI=1S/C34H37ClN4O6S/c1-22-19-39(23(2)21-40)33(41)18-25-17-27(37-46(43,44)28-14-11-26(35)12-15-28)13-16-31(25)45-32(22)20-38(3)34(42)36-30-10-6-8-24-7-4-5-9-29(24)30/h4-17,22-23,32,37,40H,18-21H2,1-3H3,(H,36,42)/t22-,23+,32+/m0/s1. The van der Waals surface area contributed by atoms with E-state index in [1.807, 2.05) is 49.4 Å². The SMILES string of the molecule is C[C@H](CO)N1C[C@H](C)[C@@H](CN(C)C(=O)Nc2cccc3ccccc23)Oc2ccc(NS(=O)(=O)c3ccc(Cl)cc3)cc2CC1=O. The lowest BCUT2D eigenvalue weighted by atomic mass is 10.0. The number of carbonyl (C=O) groups excluding carboxylic acids is 2. The summed E-state index contributed by atoms with van der Waals surface area (Å²) in [5.74, 6) is -0.0699. The number of halogens is 1. The molecule has 0 saturated heterocycles. The molecule has 0 saturated carbocycles. The number of anilines is 2. The molecule has 0 bridgehead atoms. The van der Waals surface area contributed by atoms with E-state index in [0.717, 1.165) is 10.8 Å². The van der Waals surface area contributed by atoms with E-state index in [2.05, 4.69) is 10.0 Å². The minimum Gasteiger partial charge on any atom is -0.488 e. The summed E-state index contributed by atoms with van der Waals surface area (Å²) >= 11 is 5.92. The summed E-state index contributed by atoms with van der Waals surface area (Å²) in [6, 6.07) is 23.3. The highest BCUT2D eigenvalue weighted by Crippen LogP contribution is 2.31. The van der Waals surface area contributed by atoms with Gasteiger partial charge in [-0.15, -0.1) is 0 Å². The Morgan fingerprint density at radius 2 is 1.80 bits per heavy atom. The predicted octanol–water partition coefficient (Wildman–Crippen LogP) is 5.61. The van der Waals surface area contributed by atoms with Crippen molar-refractivity contribution in [3.05, 3.63) is 95.5 Å². The number of sulfonamides is 1. The van der Waals surface area contributed by atoms with Gasteiger partial charge >= 0.3 is 6.03 Å². The number of aliphatic hydroxyl groups is 1. The van der Waals surface area contributed by atoms with Gasteiger partial charge in [0.15, 0.2) is 0 Å². The van der Waals surface area contributed by atoms with Crippen LogP contribution in [0.4, 0.5) is 16.2 Å². The predicted molar refractivity (Wildman–Crippen MR) is 180 cm³/mol. The number of hydrogen-bond donors (Lipinski definition) is 3. The van der Waals surface area contributed by atoms with Gasteiger partial charge in [-0.1, -0.05) is 54.9 Å². The van der Waals surface area contributed by atoms with Crippen molar-refractivity contribution in [2.24, 2.45) is 5.92 Å². The summed E-state index contributed by atoms with van der Waals surface area (Å²) in [7, 11) is -2.26. The summed E-state index contributed by atoms with van der Waals surface area (Å²) in [6.45, 7) is 3.95. The summed E-state index contributed by atoms with van der Waals surface area (Å²) in [6.07, 6.45) is -0.620. The number of hydrogen-bond acceptors (Lipinski definition) is 6. The molecule has 4 aromatic carbocycles. The molecule has 3 N–H and O–H groups in total. The fraction of sp³-hybridized carbons (Fsp3) is 0.294. The second kappa shape index (κ2) is 14.0. The average Bonchev–Trinajstić information content (AvgIpc) is 3.08. The number of benzene rings is 4. The number of fused-ring (bicyclic) bond motifs is 2. The Hall–Kier alpha value is -4.32. The first-order valence-electron chi connectivity index (χ1n) is 14.9. The quantitative estimate of drug-likeness (QED) is 0.225. The molecule has 242 valence electrons. The van der Waals surface area contributed by atoms with Crippen LogP contribution in [0.3, 0.4) is 0 Å². The van der Waals surface area contributed by atoms with Crippen LogP contribution < -0.4 is 14.8 Å². The second-order valence-corrected chi connectivity index (χ2v) is 13.7. The van der Waals surface area contributed by atoms with Crippen molar-refractivity contribution in [2.45, 2.75) is 37.3 Å². The molecule has 0 radical (unpaired) electrons. The van der Waals surface area contributed by atoms with E-state index in [-0.39, 0.29) is 54.6 Å². The van der Waals surface area contributed by atoms with Crippen molar-refractivity contribution in [2.75, 3.05) is 36.8 Å². The van der Waals surface area contributed by atoms with Gasteiger partial charge in [-0.2, -0.15) is 0 Å². The zero-order valence-electron chi connectivity index (χ0n) is 25.8. The number of ether oxygens (including phenoxy) is 1. The monoisotopic (exact) mass is 664 g/mol. The highest BCUT2D eigenvalue weighted by Gasteiger charge is 2.32. The molecule has 5 rings (SSSR count). The highest BCUT2D eigenvalue weighted by atomic mass is 35.5. The molecule has 3 atom stereocenters. The van der Waals surface area contributed by atoms with Crippen molar-refractivity contribution < 1.29 is 27.9 Å². The van der Waals surface area contributed by atoms with Crippen molar-refractivity contribution in [1.82, 2.24) is 9.80 Å². The Labute approximate surface area is 274 Å². The van der Waals surface area contributed by atoms with Gasteiger partial charge in [-0.3, -0.25) is 9.52 Å². The lowest BCUT2D eigenvalue weighted by molar-refractivity contribution is -0.134. The number of nitrogens with one attached hydrogen (secondary N) is 2. The smallest absolute Gasteiger partial charge is 0.321 e. The molecule has 4 aromatic rings. The first-order valence-corrected chi connectivity index (χ1v) is 16.8. The molecule has 10 nitrogen and oxygen atoms in total. The molecule has 0 unspecified atom stereocenters. The van der Waals surface area contributed by atoms with Crippen molar-refractivity contribution in [3.63, 3.8) is 0 Å². The van der Waals surface area contributed by atoms with E-state index in [1.54, 1.807) is 37.1 Å². The lowest BCUT2D eigenvalue weighted by Crippen LogP contribution is -2.48. The van der Waals surface area contributed by atoms with Crippen molar-refractivity contribution in [1.29, 1.82) is 0 Å². The van der Waals surface area contributed by atoms with Crippen LogP contribution in [-0.4, -0.2) is 74.2 Å². The molecule has 1 heterocycles. The van der Waals surface area contributed by atoms with E-state index in [1.165, 1.54) is 29.2 Å². The van der Waals surface area contributed by atoms with Crippen LogP contribution in [0, 0.1) is 5.92 Å². The number of aliphatic hydroxyl groups excluding tert-OH is 1. The Morgan fingerprint density at radius 3 is 2.54 bits per heavy atom. The zero-order valence-corrected chi connectivity index (χ0v) is 27.4. The van der Waals surface area contributed by atoms with Crippen LogP contribution in [0.15, 0.2) is 89.8 Å². The Bertz CT molecular complexity index is 1830.